The van der Waals surface area contributed by atoms with Crippen LogP contribution in [0.1, 0.15) is 16.8 Å². The van der Waals surface area contributed by atoms with E-state index in [9.17, 15) is 4.79 Å². The van der Waals surface area contributed by atoms with Crippen LogP contribution in [-0.2, 0) is 26.1 Å². The molecule has 0 unspecified atom stereocenters. The van der Waals surface area contributed by atoms with Gasteiger partial charge in [-0.3, -0.25) is 9.78 Å². The second kappa shape index (κ2) is 9.53. The Morgan fingerprint density at radius 3 is 2.46 bits per heavy atom. The molecule has 0 N–H and O–H groups in total. The van der Waals surface area contributed by atoms with Crippen molar-refractivity contribution >= 4 is 11.6 Å². The number of hydrogen-bond donors (Lipinski definition) is 0. The maximum absolute atomic E-state index is 12.3. The van der Waals surface area contributed by atoms with Crippen LogP contribution >= 0.6 is 11.6 Å². The van der Waals surface area contributed by atoms with E-state index >= 15 is 0 Å². The van der Waals surface area contributed by atoms with Crippen LogP contribution in [0.25, 0.3) is 0 Å². The molecule has 5 nitrogen and oxygen atoms in total. The van der Waals surface area contributed by atoms with E-state index in [0.29, 0.717) is 23.9 Å². The average molecular weight is 398 g/mol. The van der Waals surface area contributed by atoms with Crippen LogP contribution in [0.5, 0.6) is 5.75 Å². The Hall–Kier alpha value is -2.63. The first-order valence-corrected chi connectivity index (χ1v) is 9.54. The molecular formula is C22H24ClN3O2. The van der Waals surface area contributed by atoms with E-state index in [-0.39, 0.29) is 5.56 Å². The monoisotopic (exact) mass is 397 g/mol. The first-order chi connectivity index (χ1) is 13.5. The standard InChI is InChI=1S/C22H24ClN3O2/c1-25(2)15-18-5-3-17(4-6-18)9-11-26-12-10-21(13-22(26)27)28-16-20-8-7-19(23)14-24-20/h3-8,10,12-14H,9,11,15-16H2,1-2H3. The van der Waals surface area contributed by atoms with Crippen LogP contribution < -0.4 is 10.3 Å². The Morgan fingerprint density at radius 2 is 1.82 bits per heavy atom. The van der Waals surface area contributed by atoms with Gasteiger partial charge in [0.05, 0.1) is 10.7 Å². The third kappa shape index (κ3) is 5.94. The molecule has 0 saturated heterocycles. The number of pyridine rings is 2. The van der Waals surface area contributed by atoms with Gasteiger partial charge in [-0.25, -0.2) is 0 Å². The van der Waals surface area contributed by atoms with E-state index in [4.69, 9.17) is 16.3 Å². The fourth-order valence-electron chi connectivity index (χ4n) is 2.84. The number of aryl methyl sites for hydroxylation is 2. The second-order valence-electron chi connectivity index (χ2n) is 6.95. The molecule has 28 heavy (non-hydrogen) atoms. The Balaban J connectivity index is 1.55. The second-order valence-corrected chi connectivity index (χ2v) is 7.39. The highest BCUT2D eigenvalue weighted by atomic mass is 35.5. The molecule has 0 fully saturated rings. The summed E-state index contributed by atoms with van der Waals surface area (Å²) in [5, 5.41) is 0.582. The Morgan fingerprint density at radius 1 is 1.07 bits per heavy atom. The molecule has 0 aliphatic heterocycles. The minimum Gasteiger partial charge on any atom is -0.487 e. The van der Waals surface area contributed by atoms with Crippen LogP contribution in [0.15, 0.2) is 65.7 Å². The van der Waals surface area contributed by atoms with E-state index in [0.717, 1.165) is 18.7 Å². The lowest BCUT2D eigenvalue weighted by atomic mass is 10.1. The minimum atomic E-state index is -0.0780. The van der Waals surface area contributed by atoms with E-state index in [1.807, 2.05) is 0 Å². The lowest BCUT2D eigenvalue weighted by Crippen LogP contribution is -2.19. The topological polar surface area (TPSA) is 47.4 Å². The molecule has 0 aliphatic rings. The summed E-state index contributed by atoms with van der Waals surface area (Å²) in [5.74, 6) is 0.533. The Labute approximate surface area is 170 Å². The summed E-state index contributed by atoms with van der Waals surface area (Å²) >= 11 is 5.82. The van der Waals surface area contributed by atoms with Crippen LogP contribution in [0.4, 0.5) is 0 Å². The number of benzene rings is 1. The van der Waals surface area contributed by atoms with Crippen molar-refractivity contribution in [1.29, 1.82) is 0 Å². The fourth-order valence-corrected chi connectivity index (χ4v) is 2.95. The van der Waals surface area contributed by atoms with Gasteiger partial charge in [0.2, 0.25) is 0 Å². The number of hydrogen-bond acceptors (Lipinski definition) is 4. The van der Waals surface area contributed by atoms with E-state index in [1.165, 1.54) is 17.2 Å². The Bertz CT molecular complexity index is 951. The summed E-state index contributed by atoms with van der Waals surface area (Å²) in [7, 11) is 4.11. The highest BCUT2D eigenvalue weighted by molar-refractivity contribution is 6.30. The van der Waals surface area contributed by atoms with Gasteiger partial charge in [-0.15, -0.1) is 0 Å². The predicted molar refractivity (Wildman–Crippen MR) is 112 cm³/mol. The van der Waals surface area contributed by atoms with Gasteiger partial charge in [-0.05, 0) is 49.8 Å². The molecule has 3 rings (SSSR count). The lowest BCUT2D eigenvalue weighted by molar-refractivity contribution is 0.300. The minimum absolute atomic E-state index is 0.0780. The van der Waals surface area contributed by atoms with Crippen LogP contribution in [0, 0.1) is 0 Å². The molecule has 2 heterocycles. The van der Waals surface area contributed by atoms with Crippen molar-refractivity contribution in [1.82, 2.24) is 14.5 Å². The normalized spacial score (nSPS) is 11.0. The highest BCUT2D eigenvalue weighted by Crippen LogP contribution is 2.12. The van der Waals surface area contributed by atoms with Crippen LogP contribution in [0.2, 0.25) is 5.02 Å². The molecule has 3 aromatic rings. The summed E-state index contributed by atoms with van der Waals surface area (Å²) < 4.78 is 7.35. The molecule has 146 valence electrons. The number of aromatic nitrogens is 2. The van der Waals surface area contributed by atoms with E-state index < -0.39 is 0 Å². The van der Waals surface area contributed by atoms with Gasteiger partial charge in [0.1, 0.15) is 12.4 Å². The number of rotatable bonds is 8. The first-order valence-electron chi connectivity index (χ1n) is 9.16. The maximum Gasteiger partial charge on any atom is 0.254 e. The smallest absolute Gasteiger partial charge is 0.254 e. The predicted octanol–water partition coefficient (Wildman–Crippen LogP) is 3.78. The van der Waals surface area contributed by atoms with Crippen LogP contribution in [0.3, 0.4) is 0 Å². The summed E-state index contributed by atoms with van der Waals surface area (Å²) in [6, 6.07) is 15.4. The summed E-state index contributed by atoms with van der Waals surface area (Å²) in [6.45, 7) is 1.84. The van der Waals surface area contributed by atoms with Gasteiger partial charge >= 0.3 is 0 Å². The average Bonchev–Trinajstić information content (AvgIpc) is 2.67. The molecule has 0 aliphatic carbocycles. The molecule has 0 amide bonds. The van der Waals surface area contributed by atoms with Gasteiger partial charge in [0, 0.05) is 31.5 Å². The van der Waals surface area contributed by atoms with E-state index in [1.54, 1.807) is 35.2 Å². The van der Waals surface area contributed by atoms with Crippen molar-refractivity contribution in [3.05, 3.63) is 93.1 Å². The quantitative estimate of drug-likeness (QED) is 0.580. The largest absolute Gasteiger partial charge is 0.487 e. The molecule has 2 aromatic heterocycles. The third-order valence-electron chi connectivity index (χ3n) is 4.31. The van der Waals surface area contributed by atoms with Gasteiger partial charge < -0.3 is 14.2 Å². The van der Waals surface area contributed by atoms with Crippen molar-refractivity contribution in [3.8, 4) is 5.75 Å². The number of nitrogens with zero attached hydrogens (tertiary/aromatic N) is 3. The zero-order chi connectivity index (χ0) is 19.9. The lowest BCUT2D eigenvalue weighted by Gasteiger charge is -2.11. The fraction of sp³-hybridized carbons (Fsp3) is 0.273. The zero-order valence-electron chi connectivity index (χ0n) is 16.1. The van der Waals surface area contributed by atoms with Gasteiger partial charge in [0.25, 0.3) is 5.56 Å². The van der Waals surface area contributed by atoms with Crippen LogP contribution in [-0.4, -0.2) is 28.5 Å². The molecule has 0 spiro atoms. The third-order valence-corrected chi connectivity index (χ3v) is 4.53. The van der Waals surface area contributed by atoms with Gasteiger partial charge in [-0.1, -0.05) is 35.9 Å². The molecule has 0 atom stereocenters. The first kappa shape index (κ1) is 20.1. The molecule has 0 bridgehead atoms. The number of halogens is 1. The highest BCUT2D eigenvalue weighted by Gasteiger charge is 2.03. The molecule has 0 saturated carbocycles. The molecular weight excluding hydrogens is 374 g/mol. The summed E-state index contributed by atoms with van der Waals surface area (Å²) in [4.78, 5) is 18.7. The molecule has 0 radical (unpaired) electrons. The molecule has 6 heteroatoms. The summed E-state index contributed by atoms with van der Waals surface area (Å²) in [5.41, 5.74) is 3.17. The van der Waals surface area contributed by atoms with Gasteiger partial charge in [0.15, 0.2) is 0 Å². The van der Waals surface area contributed by atoms with Gasteiger partial charge in [-0.2, -0.15) is 0 Å². The zero-order valence-corrected chi connectivity index (χ0v) is 16.9. The molecule has 1 aromatic carbocycles. The maximum atomic E-state index is 12.3. The van der Waals surface area contributed by atoms with Crippen molar-refractivity contribution in [2.75, 3.05) is 14.1 Å². The SMILES string of the molecule is CN(C)Cc1ccc(CCn2ccc(OCc3ccc(Cl)cn3)cc2=O)cc1. The number of ether oxygens (including phenoxy) is 1. The van der Waals surface area contributed by atoms with E-state index in [2.05, 4.69) is 48.2 Å². The van der Waals surface area contributed by atoms with Crippen molar-refractivity contribution in [2.45, 2.75) is 26.1 Å². The van der Waals surface area contributed by atoms with Crippen molar-refractivity contribution in [2.24, 2.45) is 0 Å². The van der Waals surface area contributed by atoms with Crippen molar-refractivity contribution < 1.29 is 4.74 Å². The Kier molecular flexibility index (Phi) is 6.85. The van der Waals surface area contributed by atoms with Crippen molar-refractivity contribution in [3.63, 3.8) is 0 Å². The summed E-state index contributed by atoms with van der Waals surface area (Å²) in [6.07, 6.45) is 4.15.